The minimum Gasteiger partial charge on any atom is -0.444 e. The number of piperidine rings is 1. The number of hydrogen-bond donors (Lipinski definition) is 1. The topological polar surface area (TPSA) is 80.5 Å². The van der Waals surface area contributed by atoms with Crippen molar-refractivity contribution in [3.05, 3.63) is 11.7 Å². The maximum absolute atomic E-state index is 12.4. The summed E-state index contributed by atoms with van der Waals surface area (Å²) in [5.41, 5.74) is -0.548. The average Bonchev–Trinajstić information content (AvgIpc) is 2.85. The molecule has 1 atom stereocenters. The Kier molecular flexibility index (Phi) is 5.51. The lowest BCUT2D eigenvalue weighted by atomic mass is 10.1. The van der Waals surface area contributed by atoms with Gasteiger partial charge in [0.05, 0.1) is 6.54 Å². The van der Waals surface area contributed by atoms with Crippen LogP contribution >= 0.6 is 0 Å². The van der Waals surface area contributed by atoms with E-state index in [0.29, 0.717) is 6.54 Å². The molecule has 130 valence electrons. The first-order valence-electron chi connectivity index (χ1n) is 7.55. The normalized spacial score (nSPS) is 19.8. The number of hydrogen-bond acceptors (Lipinski definition) is 6. The maximum Gasteiger partial charge on any atom is 0.407 e. The molecule has 7 nitrogen and oxygen atoms in total. The van der Waals surface area contributed by atoms with Crippen LogP contribution < -0.4 is 5.32 Å². The fourth-order valence-corrected chi connectivity index (χ4v) is 2.40. The molecular formula is C14H22F2N4O3. The molecule has 0 bridgehead atoms. The van der Waals surface area contributed by atoms with E-state index in [1.165, 1.54) is 0 Å². The summed E-state index contributed by atoms with van der Waals surface area (Å²) in [6.07, 6.45) is -1.49. The van der Waals surface area contributed by atoms with Crippen molar-refractivity contribution in [3.8, 4) is 0 Å². The lowest BCUT2D eigenvalue weighted by Crippen LogP contribution is -2.48. The van der Waals surface area contributed by atoms with Crippen molar-refractivity contribution in [2.75, 3.05) is 13.1 Å². The smallest absolute Gasteiger partial charge is 0.407 e. The Balaban J connectivity index is 1.84. The van der Waals surface area contributed by atoms with E-state index in [-0.39, 0.29) is 18.5 Å². The van der Waals surface area contributed by atoms with Gasteiger partial charge >= 0.3 is 12.5 Å². The van der Waals surface area contributed by atoms with Crippen molar-refractivity contribution in [3.63, 3.8) is 0 Å². The third-order valence-corrected chi connectivity index (χ3v) is 3.26. The highest BCUT2D eigenvalue weighted by molar-refractivity contribution is 5.68. The third-order valence-electron chi connectivity index (χ3n) is 3.26. The number of nitrogens with zero attached hydrogens (tertiary/aromatic N) is 3. The summed E-state index contributed by atoms with van der Waals surface area (Å²) in [6, 6.07) is -0.0592. The maximum atomic E-state index is 12.4. The van der Waals surface area contributed by atoms with Gasteiger partial charge in [-0.1, -0.05) is 5.16 Å². The molecule has 0 saturated carbocycles. The molecule has 0 aromatic carbocycles. The van der Waals surface area contributed by atoms with Crippen LogP contribution in [0.2, 0.25) is 0 Å². The monoisotopic (exact) mass is 332 g/mol. The second kappa shape index (κ2) is 7.20. The predicted octanol–water partition coefficient (Wildman–Crippen LogP) is 2.50. The van der Waals surface area contributed by atoms with Crippen LogP contribution in [0.25, 0.3) is 0 Å². The first kappa shape index (κ1) is 17.6. The molecule has 9 heteroatoms. The Labute approximate surface area is 133 Å². The lowest BCUT2D eigenvalue weighted by Gasteiger charge is -2.32. The third kappa shape index (κ3) is 5.74. The van der Waals surface area contributed by atoms with Crippen LogP contribution in [0.15, 0.2) is 4.52 Å². The van der Waals surface area contributed by atoms with Gasteiger partial charge in [-0.2, -0.15) is 4.98 Å². The van der Waals surface area contributed by atoms with Crippen molar-refractivity contribution in [1.82, 2.24) is 20.4 Å². The quantitative estimate of drug-likeness (QED) is 0.912. The van der Waals surface area contributed by atoms with Gasteiger partial charge in [-0.25, -0.2) is 13.6 Å². The summed E-state index contributed by atoms with van der Waals surface area (Å²) in [6.45, 7) is 7.04. The Bertz CT molecular complexity index is 530. The summed E-state index contributed by atoms with van der Waals surface area (Å²) in [5.74, 6) is -0.446. The Morgan fingerprint density at radius 2 is 2.26 bits per heavy atom. The van der Waals surface area contributed by atoms with E-state index in [1.54, 1.807) is 20.8 Å². The van der Waals surface area contributed by atoms with E-state index in [9.17, 15) is 13.6 Å². The van der Waals surface area contributed by atoms with Crippen LogP contribution in [-0.4, -0.2) is 45.9 Å². The minimum absolute atomic E-state index is 0.0592. The number of amides is 1. The molecule has 0 aliphatic carbocycles. The highest BCUT2D eigenvalue weighted by atomic mass is 19.3. The minimum atomic E-state index is -2.74. The molecule has 1 fully saturated rings. The van der Waals surface area contributed by atoms with E-state index < -0.39 is 23.9 Å². The van der Waals surface area contributed by atoms with E-state index in [2.05, 4.69) is 15.5 Å². The summed E-state index contributed by atoms with van der Waals surface area (Å²) in [7, 11) is 0. The van der Waals surface area contributed by atoms with Gasteiger partial charge < -0.3 is 14.6 Å². The average molecular weight is 332 g/mol. The molecule has 0 radical (unpaired) electrons. The number of carbonyl (C=O) groups excluding carboxylic acids is 1. The van der Waals surface area contributed by atoms with Gasteiger partial charge in [-0.3, -0.25) is 4.90 Å². The molecule has 1 aromatic heterocycles. The van der Waals surface area contributed by atoms with Crippen LogP contribution in [0.5, 0.6) is 0 Å². The van der Waals surface area contributed by atoms with E-state index in [0.717, 1.165) is 19.4 Å². The molecule has 1 N–H and O–H groups in total. The standard InChI is InChI=1S/C14H22F2N4O3/c1-14(2,3)22-13(21)17-9-5-4-6-20(7-9)8-10-18-12(11(15)16)19-23-10/h9,11H,4-8H2,1-3H3,(H,17,21). The summed E-state index contributed by atoms with van der Waals surface area (Å²) in [4.78, 5) is 17.4. The van der Waals surface area contributed by atoms with E-state index in [4.69, 9.17) is 9.26 Å². The molecule has 1 aliphatic heterocycles. The summed E-state index contributed by atoms with van der Waals surface area (Å²) < 4.78 is 34.9. The zero-order valence-electron chi connectivity index (χ0n) is 13.5. The zero-order valence-corrected chi connectivity index (χ0v) is 13.5. The fraction of sp³-hybridized carbons (Fsp3) is 0.786. The number of nitrogens with one attached hydrogen (secondary N) is 1. The Hall–Kier alpha value is -1.77. The van der Waals surface area contributed by atoms with Crippen LogP contribution in [-0.2, 0) is 11.3 Å². The number of alkyl carbamates (subject to hydrolysis) is 1. The summed E-state index contributed by atoms with van der Waals surface area (Å²) in [5, 5.41) is 6.06. The van der Waals surface area contributed by atoms with E-state index in [1.807, 2.05) is 4.90 Å². The molecule has 1 amide bonds. The molecule has 0 spiro atoms. The molecule has 23 heavy (non-hydrogen) atoms. The van der Waals surface area contributed by atoms with Gasteiger partial charge in [0, 0.05) is 12.6 Å². The SMILES string of the molecule is CC(C)(C)OC(=O)NC1CCCN(Cc2nc(C(F)F)no2)C1. The van der Waals surface area contributed by atoms with Crippen molar-refractivity contribution in [2.24, 2.45) is 0 Å². The molecular weight excluding hydrogens is 310 g/mol. The molecule has 1 unspecified atom stereocenters. The van der Waals surface area contributed by atoms with Crippen molar-refractivity contribution in [1.29, 1.82) is 0 Å². The van der Waals surface area contributed by atoms with Crippen LogP contribution in [0.3, 0.4) is 0 Å². The Morgan fingerprint density at radius 1 is 1.52 bits per heavy atom. The highest BCUT2D eigenvalue weighted by Crippen LogP contribution is 2.17. The number of carbonyl (C=O) groups is 1. The van der Waals surface area contributed by atoms with E-state index >= 15 is 0 Å². The summed E-state index contributed by atoms with van der Waals surface area (Å²) >= 11 is 0. The van der Waals surface area contributed by atoms with Gasteiger partial charge in [0.25, 0.3) is 0 Å². The van der Waals surface area contributed by atoms with Crippen LogP contribution in [0.4, 0.5) is 13.6 Å². The van der Waals surface area contributed by atoms with Crippen molar-refractivity contribution in [2.45, 2.75) is 58.2 Å². The molecule has 1 saturated heterocycles. The number of rotatable bonds is 4. The predicted molar refractivity (Wildman–Crippen MR) is 76.9 cm³/mol. The largest absolute Gasteiger partial charge is 0.444 e. The van der Waals surface area contributed by atoms with Gasteiger partial charge in [0.1, 0.15) is 5.60 Å². The van der Waals surface area contributed by atoms with Crippen LogP contribution in [0, 0.1) is 0 Å². The Morgan fingerprint density at radius 3 is 2.87 bits per heavy atom. The van der Waals surface area contributed by atoms with Gasteiger partial charge in [-0.05, 0) is 40.2 Å². The van der Waals surface area contributed by atoms with Gasteiger partial charge in [-0.15, -0.1) is 0 Å². The van der Waals surface area contributed by atoms with Crippen LogP contribution in [0.1, 0.15) is 51.8 Å². The van der Waals surface area contributed by atoms with Gasteiger partial charge in [0.2, 0.25) is 11.7 Å². The number of likely N-dealkylation sites (tertiary alicyclic amines) is 1. The second-order valence-electron chi connectivity index (χ2n) is 6.57. The zero-order chi connectivity index (χ0) is 17.0. The molecule has 2 rings (SSSR count). The molecule has 2 heterocycles. The highest BCUT2D eigenvalue weighted by Gasteiger charge is 2.25. The number of aromatic nitrogens is 2. The number of halogens is 2. The molecule has 1 aliphatic rings. The lowest BCUT2D eigenvalue weighted by molar-refractivity contribution is 0.0467. The van der Waals surface area contributed by atoms with Gasteiger partial charge in [0.15, 0.2) is 0 Å². The fourth-order valence-electron chi connectivity index (χ4n) is 2.40. The van der Waals surface area contributed by atoms with Crippen molar-refractivity contribution >= 4 is 6.09 Å². The first-order chi connectivity index (χ1) is 10.7. The number of ether oxygens (including phenoxy) is 1. The molecule has 1 aromatic rings. The second-order valence-corrected chi connectivity index (χ2v) is 6.57. The van der Waals surface area contributed by atoms with Crippen molar-refractivity contribution < 1.29 is 22.8 Å². The first-order valence-corrected chi connectivity index (χ1v) is 7.55. The number of alkyl halides is 2.